The highest BCUT2D eigenvalue weighted by Gasteiger charge is 2.16. The van der Waals surface area contributed by atoms with E-state index in [-0.39, 0.29) is 6.10 Å². The van der Waals surface area contributed by atoms with Crippen LogP contribution in [0.3, 0.4) is 0 Å². The summed E-state index contributed by atoms with van der Waals surface area (Å²) in [5.41, 5.74) is 7.15. The fourth-order valence-electron chi connectivity index (χ4n) is 3.76. The predicted octanol–water partition coefficient (Wildman–Crippen LogP) is 6.85. The van der Waals surface area contributed by atoms with Gasteiger partial charge in [0.1, 0.15) is 5.75 Å². The van der Waals surface area contributed by atoms with Gasteiger partial charge in [-0.25, -0.2) is 4.68 Å². The highest BCUT2D eigenvalue weighted by atomic mass is 16.5. The summed E-state index contributed by atoms with van der Waals surface area (Å²) in [7, 11) is 0. The van der Waals surface area contributed by atoms with Crippen molar-refractivity contribution in [2.75, 3.05) is 0 Å². The van der Waals surface area contributed by atoms with Crippen LogP contribution in [0.4, 0.5) is 0 Å². The van der Waals surface area contributed by atoms with E-state index in [4.69, 9.17) is 4.74 Å². The third-order valence-electron chi connectivity index (χ3n) is 5.30. The minimum absolute atomic E-state index is 0.179. The van der Waals surface area contributed by atoms with Gasteiger partial charge < -0.3 is 4.74 Å². The quantitative estimate of drug-likeness (QED) is 0.451. The Labute approximate surface area is 169 Å². The molecule has 28 heavy (non-hydrogen) atoms. The molecule has 3 nitrogen and oxygen atoms in total. The molecule has 3 rings (SSSR count). The average Bonchev–Trinajstić information content (AvgIpc) is 3.10. The Morgan fingerprint density at radius 1 is 0.929 bits per heavy atom. The normalized spacial score (nSPS) is 11.4. The van der Waals surface area contributed by atoms with Gasteiger partial charge in [0.15, 0.2) is 0 Å². The molecule has 3 aromatic rings. The number of rotatable bonds is 7. The molecule has 0 fully saturated rings. The second-order valence-electron chi connectivity index (χ2n) is 7.84. The SMILES string of the molecule is CCC(CC)c1ccc(-c2ccc(OC(C)C)c(C)c2)cc1-n1ccc(C)n1. The highest BCUT2D eigenvalue weighted by molar-refractivity contribution is 5.69. The third-order valence-corrected chi connectivity index (χ3v) is 5.30. The van der Waals surface area contributed by atoms with Gasteiger partial charge in [0.05, 0.1) is 17.5 Å². The molecule has 0 unspecified atom stereocenters. The van der Waals surface area contributed by atoms with Gasteiger partial charge in [-0.1, -0.05) is 32.0 Å². The summed E-state index contributed by atoms with van der Waals surface area (Å²) in [6.45, 7) is 12.8. The largest absolute Gasteiger partial charge is 0.491 e. The number of hydrogen-bond acceptors (Lipinski definition) is 2. The molecule has 0 aliphatic rings. The van der Waals surface area contributed by atoms with Gasteiger partial charge in [0.2, 0.25) is 0 Å². The number of ether oxygens (including phenoxy) is 1. The molecule has 0 aliphatic carbocycles. The molecule has 0 saturated heterocycles. The molecule has 0 aliphatic heterocycles. The summed E-state index contributed by atoms with van der Waals surface area (Å²) in [5, 5.41) is 4.69. The molecule has 1 heterocycles. The van der Waals surface area contributed by atoms with Crippen molar-refractivity contribution in [2.24, 2.45) is 0 Å². The van der Waals surface area contributed by atoms with Crippen molar-refractivity contribution in [3.8, 4) is 22.6 Å². The third kappa shape index (κ3) is 4.30. The van der Waals surface area contributed by atoms with Crippen molar-refractivity contribution < 1.29 is 4.74 Å². The fourth-order valence-corrected chi connectivity index (χ4v) is 3.76. The molecule has 0 saturated carbocycles. The summed E-state index contributed by atoms with van der Waals surface area (Å²) in [6, 6.07) is 15.3. The van der Waals surface area contributed by atoms with E-state index in [9.17, 15) is 0 Å². The first-order valence-corrected chi connectivity index (χ1v) is 10.4. The van der Waals surface area contributed by atoms with Gasteiger partial charge >= 0.3 is 0 Å². The monoisotopic (exact) mass is 376 g/mol. The highest BCUT2D eigenvalue weighted by Crippen LogP contribution is 2.33. The first kappa shape index (κ1) is 20.2. The minimum Gasteiger partial charge on any atom is -0.491 e. The van der Waals surface area contributed by atoms with Crippen LogP contribution in [0.15, 0.2) is 48.7 Å². The molecular formula is C25H32N2O. The van der Waals surface area contributed by atoms with E-state index in [2.05, 4.69) is 88.4 Å². The van der Waals surface area contributed by atoms with Crippen LogP contribution in [0.25, 0.3) is 16.8 Å². The summed E-state index contributed by atoms with van der Waals surface area (Å²) in [4.78, 5) is 0. The zero-order valence-electron chi connectivity index (χ0n) is 18.0. The Morgan fingerprint density at radius 2 is 1.61 bits per heavy atom. The lowest BCUT2D eigenvalue weighted by Gasteiger charge is -2.19. The molecule has 0 spiro atoms. The van der Waals surface area contributed by atoms with Crippen LogP contribution in [0.5, 0.6) is 5.75 Å². The molecule has 148 valence electrons. The Balaban J connectivity index is 2.07. The van der Waals surface area contributed by atoms with E-state index in [0.29, 0.717) is 5.92 Å². The molecule has 0 amide bonds. The zero-order valence-corrected chi connectivity index (χ0v) is 18.0. The first-order valence-electron chi connectivity index (χ1n) is 10.4. The molecule has 2 aromatic carbocycles. The van der Waals surface area contributed by atoms with Crippen molar-refractivity contribution >= 4 is 0 Å². The second-order valence-corrected chi connectivity index (χ2v) is 7.84. The van der Waals surface area contributed by atoms with Crippen LogP contribution in [-0.2, 0) is 0 Å². The zero-order chi connectivity index (χ0) is 20.3. The van der Waals surface area contributed by atoms with Crippen LogP contribution < -0.4 is 4.74 Å². The van der Waals surface area contributed by atoms with E-state index in [0.717, 1.165) is 29.8 Å². The van der Waals surface area contributed by atoms with Crippen LogP contribution in [0.1, 0.15) is 63.3 Å². The summed E-state index contributed by atoms with van der Waals surface area (Å²) in [5.74, 6) is 1.49. The van der Waals surface area contributed by atoms with Gasteiger partial charge in [0, 0.05) is 6.20 Å². The molecule has 0 radical (unpaired) electrons. The van der Waals surface area contributed by atoms with E-state index >= 15 is 0 Å². The van der Waals surface area contributed by atoms with Crippen LogP contribution in [-0.4, -0.2) is 15.9 Å². The van der Waals surface area contributed by atoms with Crippen molar-refractivity contribution in [3.05, 3.63) is 65.5 Å². The van der Waals surface area contributed by atoms with Crippen LogP contribution in [0.2, 0.25) is 0 Å². The summed E-state index contributed by atoms with van der Waals surface area (Å²) >= 11 is 0. The Morgan fingerprint density at radius 3 is 2.18 bits per heavy atom. The Kier molecular flexibility index (Phi) is 6.23. The van der Waals surface area contributed by atoms with E-state index in [1.54, 1.807) is 0 Å². The van der Waals surface area contributed by atoms with Crippen molar-refractivity contribution in [3.63, 3.8) is 0 Å². The number of nitrogens with zero attached hydrogens (tertiary/aromatic N) is 2. The maximum absolute atomic E-state index is 5.90. The summed E-state index contributed by atoms with van der Waals surface area (Å²) in [6.07, 6.45) is 4.50. The fraction of sp³-hybridized carbons (Fsp3) is 0.400. The minimum atomic E-state index is 0.179. The lowest BCUT2D eigenvalue weighted by atomic mass is 9.90. The van der Waals surface area contributed by atoms with Gasteiger partial charge in [-0.15, -0.1) is 0 Å². The average molecular weight is 377 g/mol. The van der Waals surface area contributed by atoms with Crippen molar-refractivity contribution in [2.45, 2.75) is 66.4 Å². The molecular weight excluding hydrogens is 344 g/mol. The second kappa shape index (κ2) is 8.64. The predicted molar refractivity (Wildman–Crippen MR) is 118 cm³/mol. The van der Waals surface area contributed by atoms with E-state index in [1.807, 2.05) is 11.6 Å². The summed E-state index contributed by atoms with van der Waals surface area (Å²) < 4.78 is 7.92. The molecule has 0 N–H and O–H groups in total. The van der Waals surface area contributed by atoms with E-state index < -0.39 is 0 Å². The standard InChI is InChI=1S/C25H32N2O/c1-7-20(8-2)23-11-9-22(16-24(23)27-14-13-19(6)26-27)21-10-12-25(18(5)15-21)28-17(3)4/h9-17,20H,7-8H2,1-6H3. The molecule has 0 atom stereocenters. The van der Waals surface area contributed by atoms with Gasteiger partial charge in [-0.2, -0.15) is 5.10 Å². The molecule has 3 heteroatoms. The van der Waals surface area contributed by atoms with Gasteiger partial charge in [-0.3, -0.25) is 0 Å². The van der Waals surface area contributed by atoms with Gasteiger partial charge in [-0.05, 0) is 93.0 Å². The molecule has 0 bridgehead atoms. The maximum atomic E-state index is 5.90. The molecule has 1 aromatic heterocycles. The van der Waals surface area contributed by atoms with Gasteiger partial charge in [0.25, 0.3) is 0 Å². The van der Waals surface area contributed by atoms with Crippen LogP contribution >= 0.6 is 0 Å². The number of aromatic nitrogens is 2. The smallest absolute Gasteiger partial charge is 0.122 e. The first-order chi connectivity index (χ1) is 13.4. The Bertz CT molecular complexity index is 935. The number of aryl methyl sites for hydroxylation is 2. The van der Waals surface area contributed by atoms with Crippen molar-refractivity contribution in [1.29, 1.82) is 0 Å². The topological polar surface area (TPSA) is 27.1 Å². The number of hydrogen-bond donors (Lipinski definition) is 0. The Hall–Kier alpha value is -2.55. The van der Waals surface area contributed by atoms with Crippen LogP contribution in [0, 0.1) is 13.8 Å². The van der Waals surface area contributed by atoms with E-state index in [1.165, 1.54) is 22.4 Å². The van der Waals surface area contributed by atoms with Crippen molar-refractivity contribution in [1.82, 2.24) is 9.78 Å². The lowest BCUT2D eigenvalue weighted by Crippen LogP contribution is -2.07. The lowest BCUT2D eigenvalue weighted by molar-refractivity contribution is 0.241. The maximum Gasteiger partial charge on any atom is 0.122 e. The number of benzene rings is 2.